The Morgan fingerprint density at radius 1 is 0.925 bits per heavy atom. The van der Waals surface area contributed by atoms with E-state index in [4.69, 9.17) is 5.10 Å². The van der Waals surface area contributed by atoms with Gasteiger partial charge in [0.15, 0.2) is 0 Å². The van der Waals surface area contributed by atoms with Gasteiger partial charge in [-0.25, -0.2) is 9.48 Å². The molecule has 3 heterocycles. The molecule has 6 rings (SSSR count). The zero-order chi connectivity index (χ0) is 27.6. The third-order valence-corrected chi connectivity index (χ3v) is 7.80. The van der Waals surface area contributed by atoms with Gasteiger partial charge in [0.2, 0.25) is 0 Å². The van der Waals surface area contributed by atoms with Crippen molar-refractivity contribution in [3.8, 4) is 11.5 Å². The van der Waals surface area contributed by atoms with Crippen molar-refractivity contribution in [3.63, 3.8) is 0 Å². The van der Waals surface area contributed by atoms with Crippen LogP contribution in [-0.2, 0) is 13.0 Å². The van der Waals surface area contributed by atoms with E-state index in [9.17, 15) is 4.79 Å². The van der Waals surface area contributed by atoms with Gasteiger partial charge < -0.3 is 14.8 Å². The maximum absolute atomic E-state index is 14.0. The van der Waals surface area contributed by atoms with Gasteiger partial charge in [0.1, 0.15) is 5.82 Å². The van der Waals surface area contributed by atoms with Crippen molar-refractivity contribution >= 4 is 6.03 Å². The predicted molar refractivity (Wildman–Crippen MR) is 159 cm³/mol. The van der Waals surface area contributed by atoms with Crippen molar-refractivity contribution in [2.45, 2.75) is 45.7 Å². The van der Waals surface area contributed by atoms with Crippen LogP contribution in [0.1, 0.15) is 59.4 Å². The molecule has 1 atom stereocenters. The fourth-order valence-corrected chi connectivity index (χ4v) is 5.62. The van der Waals surface area contributed by atoms with Gasteiger partial charge in [-0.1, -0.05) is 86.6 Å². The number of aromatic nitrogens is 3. The minimum atomic E-state index is -0.260. The SMILES string of the molecule is Cc1nn(-c2ccccc2)c2c1CN(C(=O)NCCc1ccccc1)C(c1ccc(C(C)C)cc1)c1cccn1-2. The van der Waals surface area contributed by atoms with E-state index in [2.05, 4.69) is 90.6 Å². The van der Waals surface area contributed by atoms with Gasteiger partial charge in [-0.2, -0.15) is 5.10 Å². The highest BCUT2D eigenvalue weighted by Gasteiger charge is 2.35. The lowest BCUT2D eigenvalue weighted by atomic mass is 9.97. The molecule has 0 spiro atoms. The number of benzene rings is 3. The number of hydrogen-bond acceptors (Lipinski definition) is 2. The number of urea groups is 1. The Morgan fingerprint density at radius 2 is 1.62 bits per heavy atom. The average molecular weight is 530 g/mol. The largest absolute Gasteiger partial charge is 0.338 e. The first kappa shape index (κ1) is 25.7. The van der Waals surface area contributed by atoms with E-state index < -0.39 is 0 Å². The van der Waals surface area contributed by atoms with E-state index in [1.165, 1.54) is 11.1 Å². The first-order valence-electron chi connectivity index (χ1n) is 14.0. The summed E-state index contributed by atoms with van der Waals surface area (Å²) in [4.78, 5) is 16.0. The molecule has 2 aromatic heterocycles. The van der Waals surface area contributed by atoms with Crippen LogP contribution in [0.5, 0.6) is 0 Å². The van der Waals surface area contributed by atoms with Crippen molar-refractivity contribution in [1.29, 1.82) is 0 Å². The molecule has 0 aliphatic carbocycles. The van der Waals surface area contributed by atoms with Crippen LogP contribution < -0.4 is 5.32 Å². The first-order chi connectivity index (χ1) is 19.5. The standard InChI is InChI=1S/C34H35N5O/c1-24(2)27-16-18-28(19-17-27)32-31-15-10-22-37(31)33-30(25(3)36-39(33)29-13-8-5-9-14-29)23-38(32)34(40)35-21-20-26-11-6-4-7-12-26/h4-19,22,24,32H,20-21,23H2,1-3H3,(H,35,40). The second-order valence-corrected chi connectivity index (χ2v) is 10.8. The third kappa shape index (κ3) is 4.81. The molecule has 0 bridgehead atoms. The van der Waals surface area contributed by atoms with Gasteiger partial charge in [-0.3, -0.25) is 0 Å². The van der Waals surface area contributed by atoms with Crippen molar-refractivity contribution in [2.75, 3.05) is 6.54 Å². The van der Waals surface area contributed by atoms with E-state index in [1.54, 1.807) is 0 Å². The lowest BCUT2D eigenvalue weighted by Crippen LogP contribution is -2.42. The zero-order valence-electron chi connectivity index (χ0n) is 23.3. The van der Waals surface area contributed by atoms with E-state index in [1.807, 2.05) is 52.9 Å². The number of rotatable bonds is 6. The van der Waals surface area contributed by atoms with E-state index in [0.717, 1.165) is 40.4 Å². The highest BCUT2D eigenvalue weighted by molar-refractivity contribution is 5.76. The molecule has 0 saturated heterocycles. The summed E-state index contributed by atoms with van der Waals surface area (Å²) >= 11 is 0. The molecule has 0 radical (unpaired) electrons. The number of nitrogens with zero attached hydrogens (tertiary/aromatic N) is 4. The van der Waals surface area contributed by atoms with Gasteiger partial charge in [-0.05, 0) is 60.2 Å². The molecule has 1 N–H and O–H groups in total. The predicted octanol–water partition coefficient (Wildman–Crippen LogP) is 6.95. The Bertz CT molecular complexity index is 1600. The molecule has 6 heteroatoms. The first-order valence-corrected chi connectivity index (χ1v) is 14.0. The Labute approximate surface area is 235 Å². The number of carbonyl (C=O) groups is 1. The second kappa shape index (κ2) is 10.9. The normalized spacial score (nSPS) is 14.5. The molecular weight excluding hydrogens is 494 g/mol. The van der Waals surface area contributed by atoms with Crippen LogP contribution in [-0.4, -0.2) is 31.8 Å². The topological polar surface area (TPSA) is 55.1 Å². The van der Waals surface area contributed by atoms with Crippen LogP contribution in [0.4, 0.5) is 4.79 Å². The number of para-hydroxylation sites is 1. The average Bonchev–Trinajstić information content (AvgIpc) is 3.54. The third-order valence-electron chi connectivity index (χ3n) is 7.80. The fraction of sp³-hybridized carbons (Fsp3) is 0.235. The fourth-order valence-electron chi connectivity index (χ4n) is 5.62. The monoisotopic (exact) mass is 529 g/mol. The molecular formula is C34H35N5O. The van der Waals surface area contributed by atoms with Crippen LogP contribution in [0.15, 0.2) is 103 Å². The smallest absolute Gasteiger partial charge is 0.318 e. The van der Waals surface area contributed by atoms with Crippen LogP contribution in [0.25, 0.3) is 11.5 Å². The molecule has 40 heavy (non-hydrogen) atoms. The summed E-state index contributed by atoms with van der Waals surface area (Å²) in [5.41, 5.74) is 7.55. The highest BCUT2D eigenvalue weighted by Crippen LogP contribution is 2.38. The lowest BCUT2D eigenvalue weighted by molar-refractivity contribution is 0.180. The van der Waals surface area contributed by atoms with Crippen LogP contribution in [0.2, 0.25) is 0 Å². The van der Waals surface area contributed by atoms with Gasteiger partial charge in [0, 0.05) is 18.3 Å². The molecule has 5 aromatic rings. The molecule has 202 valence electrons. The van der Waals surface area contributed by atoms with E-state index >= 15 is 0 Å². The number of fused-ring (bicyclic) bond motifs is 3. The molecule has 1 aliphatic heterocycles. The Morgan fingerprint density at radius 3 is 2.33 bits per heavy atom. The molecule has 2 amide bonds. The van der Waals surface area contributed by atoms with Crippen LogP contribution in [0, 0.1) is 6.92 Å². The van der Waals surface area contributed by atoms with Gasteiger partial charge in [-0.15, -0.1) is 0 Å². The summed E-state index contributed by atoms with van der Waals surface area (Å²) < 4.78 is 4.21. The van der Waals surface area contributed by atoms with Crippen molar-refractivity contribution in [3.05, 3.63) is 137 Å². The molecule has 6 nitrogen and oxygen atoms in total. The summed E-state index contributed by atoms with van der Waals surface area (Å²) in [6.07, 6.45) is 2.86. The van der Waals surface area contributed by atoms with Crippen LogP contribution in [0.3, 0.4) is 0 Å². The van der Waals surface area contributed by atoms with Crippen molar-refractivity contribution in [2.24, 2.45) is 0 Å². The highest BCUT2D eigenvalue weighted by atomic mass is 16.2. The Hall–Kier alpha value is -4.58. The van der Waals surface area contributed by atoms with Gasteiger partial charge in [0.05, 0.1) is 29.7 Å². The molecule has 0 fully saturated rings. The second-order valence-electron chi connectivity index (χ2n) is 10.8. The minimum Gasteiger partial charge on any atom is -0.338 e. The number of hydrogen-bond donors (Lipinski definition) is 1. The Balaban J connectivity index is 1.43. The van der Waals surface area contributed by atoms with Gasteiger partial charge in [0.25, 0.3) is 0 Å². The number of amides is 2. The van der Waals surface area contributed by atoms with E-state index in [0.29, 0.717) is 19.0 Å². The number of carbonyl (C=O) groups excluding carboxylic acids is 1. The molecule has 3 aromatic carbocycles. The summed E-state index contributed by atoms with van der Waals surface area (Å²) in [5, 5.41) is 8.16. The van der Waals surface area contributed by atoms with Gasteiger partial charge >= 0.3 is 6.03 Å². The maximum Gasteiger partial charge on any atom is 0.318 e. The summed E-state index contributed by atoms with van der Waals surface area (Å²) in [7, 11) is 0. The molecule has 1 aliphatic rings. The number of aryl methyl sites for hydroxylation is 1. The van der Waals surface area contributed by atoms with E-state index in [-0.39, 0.29) is 12.1 Å². The lowest BCUT2D eigenvalue weighted by Gasteiger charge is -2.31. The Kier molecular flexibility index (Phi) is 6.99. The van der Waals surface area contributed by atoms with Crippen LogP contribution >= 0.6 is 0 Å². The quantitative estimate of drug-likeness (QED) is 0.259. The molecule has 1 unspecified atom stereocenters. The van der Waals surface area contributed by atoms with Crippen molar-refractivity contribution < 1.29 is 4.79 Å². The summed E-state index contributed by atoms with van der Waals surface area (Å²) in [6, 6.07) is 33.0. The molecule has 0 saturated carbocycles. The summed E-state index contributed by atoms with van der Waals surface area (Å²) in [6.45, 7) is 7.45. The summed E-state index contributed by atoms with van der Waals surface area (Å²) in [5.74, 6) is 1.42. The zero-order valence-corrected chi connectivity index (χ0v) is 23.3. The van der Waals surface area contributed by atoms with Crippen molar-refractivity contribution in [1.82, 2.24) is 24.6 Å². The number of nitrogens with one attached hydrogen (secondary N) is 1. The maximum atomic E-state index is 14.0. The minimum absolute atomic E-state index is 0.0821.